The van der Waals surface area contributed by atoms with Gasteiger partial charge in [-0.15, -0.1) is 17.9 Å². The number of benzene rings is 2. The number of pyridine rings is 1. The van der Waals surface area contributed by atoms with Crippen LogP contribution in [0.15, 0.2) is 54.4 Å². The van der Waals surface area contributed by atoms with E-state index >= 15 is 4.39 Å². The van der Waals surface area contributed by atoms with Crippen LogP contribution in [-0.2, 0) is 25.1 Å². The van der Waals surface area contributed by atoms with E-state index in [1.165, 1.54) is 22.3 Å². The minimum atomic E-state index is -4.56. The number of thiazole rings is 1. The van der Waals surface area contributed by atoms with Crippen LogP contribution in [-0.4, -0.2) is 86.9 Å². The number of carbonyl (C=O) groups is 3. The molecule has 19 heteroatoms. The number of methoxy groups -OCH3 is 1. The van der Waals surface area contributed by atoms with Crippen molar-refractivity contribution in [1.29, 1.82) is 0 Å². The highest BCUT2D eigenvalue weighted by Crippen LogP contribution is 2.71. The van der Waals surface area contributed by atoms with Crippen LogP contribution >= 0.6 is 30.3 Å². The maximum atomic E-state index is 15.1. The molecular weight excluding hydrogens is 889 g/mol. The van der Waals surface area contributed by atoms with Crippen LogP contribution in [0.4, 0.5) is 18.7 Å². The van der Waals surface area contributed by atoms with Crippen molar-refractivity contribution in [1.82, 2.24) is 25.5 Å². The molecule has 0 radical (unpaired) electrons. The summed E-state index contributed by atoms with van der Waals surface area (Å²) in [7, 11) is -3.02. The average molecular weight is 943 g/mol. The third-order valence-corrected chi connectivity index (χ3v) is 15.7. The molecule has 1 saturated heterocycles. The minimum absolute atomic E-state index is 0.00734. The van der Waals surface area contributed by atoms with Gasteiger partial charge in [0.15, 0.2) is 5.13 Å². The minimum Gasteiger partial charge on any atom is -0.497 e. The van der Waals surface area contributed by atoms with E-state index in [4.69, 9.17) is 35.8 Å². The first kappa shape index (κ1) is 47.1. The molecule has 1 unspecified atom stereocenters. The maximum Gasteiger partial charge on any atom is 0.408 e. The molecule has 3 aliphatic rings. The van der Waals surface area contributed by atoms with E-state index in [2.05, 4.69) is 22.5 Å². The Bertz CT molecular complexity index is 2500. The van der Waals surface area contributed by atoms with Crippen molar-refractivity contribution in [2.75, 3.05) is 19.0 Å². The highest BCUT2D eigenvalue weighted by atomic mass is 35.5. The highest BCUT2D eigenvalue weighted by molar-refractivity contribution is 7.59. The van der Waals surface area contributed by atoms with Gasteiger partial charge in [-0.1, -0.05) is 44.5 Å². The van der Waals surface area contributed by atoms with Gasteiger partial charge in [0.25, 0.3) is 0 Å². The highest BCUT2D eigenvalue weighted by Gasteiger charge is 2.66. The van der Waals surface area contributed by atoms with Crippen LogP contribution in [0.25, 0.3) is 22.3 Å². The number of amides is 3. The molecule has 6 atom stereocenters. The first-order valence-electron chi connectivity index (χ1n) is 21.3. The number of halogens is 3. The number of hydrogen-bond acceptors (Lipinski definition) is 11. The molecular formula is C45H54ClF2N6O8PS. The first-order valence-corrected chi connectivity index (χ1v) is 24.4. The molecule has 1 aliphatic heterocycles. The fourth-order valence-corrected chi connectivity index (χ4v) is 11.9. The summed E-state index contributed by atoms with van der Waals surface area (Å²) in [5, 5.41) is 9.46. The number of fused-ring (bicyclic) bond motifs is 1. The van der Waals surface area contributed by atoms with E-state index in [1.807, 2.05) is 19.2 Å². The van der Waals surface area contributed by atoms with Crippen LogP contribution in [0.5, 0.6) is 11.5 Å². The number of aromatic nitrogens is 2. The fraction of sp³-hybridized carbons (Fsp3) is 0.489. The quantitative estimate of drug-likeness (QED) is 0.0507. The van der Waals surface area contributed by atoms with Gasteiger partial charge in [0.2, 0.25) is 19.2 Å². The van der Waals surface area contributed by atoms with Crippen molar-refractivity contribution in [2.45, 2.75) is 115 Å². The standard InChI is InChI=1S/C45H54ClF2N6O8PS/c1-8-26-20-45(26,63(58,59)22-25-13-16-31(47)37(46)38(25)48)53-40(55)35-18-29(21-54(35)41(56)39(44(4,5)6)52-43(57)62-27-11-9-10-12-27)61-36-19-33(34-23-64-42(51-34)49-24(2)3)50-32-17-28(60-7)14-15-30(32)36/h8,13-17,19,23-24,26-27,29,35,39H,1,9-12,18,20-22H2,2-7H3,(H,49,51)(H,52,57)(H,53,55)(H,58,59)/t26-,29-,35+,39-,45+/m1/s1. The van der Waals surface area contributed by atoms with Crippen LogP contribution in [0, 0.1) is 23.0 Å². The average Bonchev–Trinajstić information content (AvgIpc) is 3.63. The summed E-state index contributed by atoms with van der Waals surface area (Å²) in [6.07, 6.45) is 2.03. The van der Waals surface area contributed by atoms with Gasteiger partial charge in [0, 0.05) is 41.3 Å². The summed E-state index contributed by atoms with van der Waals surface area (Å²) >= 11 is 7.24. The molecule has 3 amide bonds. The molecule has 2 saturated carbocycles. The normalized spacial score (nSPS) is 22.5. The lowest BCUT2D eigenvalue weighted by Gasteiger charge is -2.36. The Morgan fingerprint density at radius 1 is 1.11 bits per heavy atom. The number of hydrogen-bond donors (Lipinski definition) is 4. The molecule has 344 valence electrons. The first-order chi connectivity index (χ1) is 30.2. The number of likely N-dealkylation sites (tertiary alicyclic amines) is 1. The van der Waals surface area contributed by atoms with E-state index in [1.54, 1.807) is 52.1 Å². The topological polar surface area (TPSA) is 181 Å². The molecule has 2 aliphatic carbocycles. The molecule has 3 fully saturated rings. The molecule has 4 N–H and O–H groups in total. The lowest BCUT2D eigenvalue weighted by Crippen LogP contribution is -2.58. The molecule has 2 aromatic carbocycles. The van der Waals surface area contributed by atoms with E-state index in [9.17, 15) is 28.2 Å². The van der Waals surface area contributed by atoms with Crippen LogP contribution < -0.4 is 25.4 Å². The monoisotopic (exact) mass is 942 g/mol. The lowest BCUT2D eigenvalue weighted by molar-refractivity contribution is -0.142. The summed E-state index contributed by atoms with van der Waals surface area (Å²) in [6, 6.07) is 6.72. The van der Waals surface area contributed by atoms with Crippen molar-refractivity contribution in [3.63, 3.8) is 0 Å². The Kier molecular flexibility index (Phi) is 13.7. The number of carbonyl (C=O) groups excluding carboxylic acids is 3. The Labute approximate surface area is 379 Å². The number of anilines is 1. The third-order valence-electron chi connectivity index (χ3n) is 12.0. The van der Waals surface area contributed by atoms with Crippen molar-refractivity contribution in [2.24, 2.45) is 11.3 Å². The zero-order valence-corrected chi connectivity index (χ0v) is 39.0. The van der Waals surface area contributed by atoms with E-state index in [0.29, 0.717) is 51.8 Å². The summed E-state index contributed by atoms with van der Waals surface area (Å²) in [5.41, 5.74) is 0.465. The fourth-order valence-electron chi connectivity index (χ4n) is 8.46. The second-order valence-electron chi connectivity index (χ2n) is 18.1. The molecule has 0 bridgehead atoms. The largest absolute Gasteiger partial charge is 0.497 e. The van der Waals surface area contributed by atoms with Crippen LogP contribution in [0.1, 0.15) is 78.7 Å². The number of ether oxygens (including phenoxy) is 3. The Hall–Kier alpha value is -4.83. The third kappa shape index (κ3) is 9.87. The van der Waals surface area contributed by atoms with Gasteiger partial charge in [-0.05, 0) is 75.1 Å². The van der Waals surface area contributed by atoms with Crippen LogP contribution in [0.3, 0.4) is 0 Å². The van der Waals surface area contributed by atoms with E-state index in [0.717, 1.165) is 25.0 Å². The number of nitrogens with zero attached hydrogens (tertiary/aromatic N) is 3. The van der Waals surface area contributed by atoms with Gasteiger partial charge in [0.05, 0.1) is 31.0 Å². The van der Waals surface area contributed by atoms with Gasteiger partial charge >= 0.3 is 6.09 Å². The van der Waals surface area contributed by atoms with Crippen molar-refractivity contribution >= 4 is 64.2 Å². The summed E-state index contributed by atoms with van der Waals surface area (Å²) in [5.74, 6) is -3.32. The Morgan fingerprint density at radius 3 is 2.50 bits per heavy atom. The van der Waals surface area contributed by atoms with Crippen molar-refractivity contribution in [3.05, 3.63) is 76.7 Å². The second-order valence-corrected chi connectivity index (χ2v) is 21.9. The van der Waals surface area contributed by atoms with Gasteiger partial charge in [-0.25, -0.2) is 23.5 Å². The second kappa shape index (κ2) is 18.6. The summed E-state index contributed by atoms with van der Waals surface area (Å²) < 4.78 is 61.4. The predicted molar refractivity (Wildman–Crippen MR) is 242 cm³/mol. The number of rotatable bonds is 15. The van der Waals surface area contributed by atoms with Gasteiger partial charge in [0.1, 0.15) is 63.4 Å². The Balaban J connectivity index is 1.23. The number of nitrogens with one attached hydrogen (secondary N) is 3. The molecule has 3 heterocycles. The van der Waals surface area contributed by atoms with Gasteiger partial charge in [-0.3, -0.25) is 14.2 Å². The SMILES string of the molecule is C=C[C@@H]1C[C@]1(NC(=O)[C@@H]1C[C@@H](Oc2cc(-c3csc(NC(C)C)n3)nc3cc(OC)ccc23)CN1C(=O)[C@@H](NC(=O)OC1CCCC1)C(C)(C)C)P(=O)(O)Cc1ccc(F)c(Cl)c1F. The molecule has 7 rings (SSSR count). The molecule has 2 aromatic heterocycles. The lowest BCUT2D eigenvalue weighted by atomic mass is 9.85. The molecule has 4 aromatic rings. The van der Waals surface area contributed by atoms with Gasteiger partial charge in [-0.2, -0.15) is 0 Å². The molecule has 0 spiro atoms. The Morgan fingerprint density at radius 2 is 1.84 bits per heavy atom. The van der Waals surface area contributed by atoms with Crippen molar-refractivity contribution in [3.8, 4) is 22.9 Å². The van der Waals surface area contributed by atoms with E-state index in [-0.39, 0.29) is 37.1 Å². The molecule has 64 heavy (non-hydrogen) atoms. The predicted octanol–water partition coefficient (Wildman–Crippen LogP) is 9.04. The summed E-state index contributed by atoms with van der Waals surface area (Å²) in [4.78, 5) is 65.6. The zero-order valence-electron chi connectivity index (χ0n) is 36.6. The van der Waals surface area contributed by atoms with E-state index < -0.39 is 82.9 Å². The van der Waals surface area contributed by atoms with Crippen LogP contribution in [0.2, 0.25) is 5.02 Å². The summed E-state index contributed by atoms with van der Waals surface area (Å²) in [6.45, 7) is 13.0. The van der Waals surface area contributed by atoms with Crippen molar-refractivity contribution < 1.29 is 46.8 Å². The zero-order chi connectivity index (χ0) is 46.3. The number of alkyl carbamates (subject to hydrolysis) is 1. The maximum absolute atomic E-state index is 15.1. The smallest absolute Gasteiger partial charge is 0.408 e. The van der Waals surface area contributed by atoms with Gasteiger partial charge < -0.3 is 40.0 Å². The molecule has 14 nitrogen and oxygen atoms in total.